The van der Waals surface area contributed by atoms with Crippen LogP contribution < -0.4 is 0 Å². The van der Waals surface area contributed by atoms with Gasteiger partial charge in [0.15, 0.2) is 6.10 Å². The van der Waals surface area contributed by atoms with Crippen molar-refractivity contribution in [1.29, 1.82) is 0 Å². The zero-order valence-electron chi connectivity index (χ0n) is 35.3. The van der Waals surface area contributed by atoms with Gasteiger partial charge in [-0.15, -0.1) is 0 Å². The Balaban J connectivity index is 2.25. The summed E-state index contributed by atoms with van der Waals surface area (Å²) in [6, 6.07) is 0. The number of unbranched alkanes of at least 4 members (excludes halogenated alkanes) is 8. The average Bonchev–Trinajstić information content (AvgIpc) is 3.21. The highest BCUT2D eigenvalue weighted by molar-refractivity contribution is 7.47. The molecule has 0 aromatic heterocycles. The average molecular weight is 877 g/mol. The molecule has 17 heteroatoms. The molecular weight excluding hydrogens is 803 g/mol. The number of fused-ring (bicyclic) bond motifs is 4. The van der Waals surface area contributed by atoms with Crippen molar-refractivity contribution in [3.05, 3.63) is 48.6 Å². The van der Waals surface area contributed by atoms with Crippen LogP contribution in [0.5, 0.6) is 0 Å². The summed E-state index contributed by atoms with van der Waals surface area (Å²) >= 11 is 0. The van der Waals surface area contributed by atoms with Gasteiger partial charge in [-0.1, -0.05) is 107 Å². The number of cyclic esters (lactones) is 1. The lowest BCUT2D eigenvalue weighted by atomic mass is 9.83. The van der Waals surface area contributed by atoms with Crippen LogP contribution in [0, 0.1) is 11.8 Å². The number of esters is 2. The molecule has 16 nitrogen and oxygen atoms in total. The number of rotatable bonds is 19. The number of allylic oxidation sites excluding steroid dienone is 5. The number of aliphatic hydroxyl groups is 8. The molecular formula is C43H73O16P. The first-order valence-electron chi connectivity index (χ1n) is 21.7. The molecule has 0 spiro atoms. The molecule has 1 aliphatic heterocycles. The second-order valence-corrected chi connectivity index (χ2v) is 17.2. The first-order chi connectivity index (χ1) is 28.6. The molecule has 346 valence electrons. The highest BCUT2D eigenvalue weighted by Crippen LogP contribution is 2.47. The third-order valence-corrected chi connectivity index (χ3v) is 11.7. The van der Waals surface area contributed by atoms with Crippen LogP contribution in [0.4, 0.5) is 0 Å². The molecule has 1 fully saturated rings. The van der Waals surface area contributed by atoms with Gasteiger partial charge in [0.2, 0.25) is 0 Å². The van der Waals surface area contributed by atoms with Gasteiger partial charge in [0.05, 0.1) is 43.5 Å². The molecule has 0 aromatic rings. The summed E-state index contributed by atoms with van der Waals surface area (Å²) in [4.78, 5) is 36.3. The SMILES string of the molecule is CCC/C=C\C/C=C\CCCCCCCC(=O)O[C@@H]1COC(=O)C/C=C\C[C@H]2[C@@H](O)[C@H](O)[C@@H](O)[C@H](OP(=O)(O)OC1)[C@H](O)[C@H](O)[C@@H](C=C[C@H](O)CCCCC)[C@H](O)C[C@@H]2O. The quantitative estimate of drug-likeness (QED) is 0.0384. The molecule has 1 unspecified atom stereocenters. The summed E-state index contributed by atoms with van der Waals surface area (Å²) < 4.78 is 34.4. The largest absolute Gasteiger partial charge is 0.472 e. The van der Waals surface area contributed by atoms with Crippen molar-refractivity contribution < 1.29 is 78.4 Å². The summed E-state index contributed by atoms with van der Waals surface area (Å²) in [5, 5.41) is 89.5. The highest BCUT2D eigenvalue weighted by Gasteiger charge is 2.49. The lowest BCUT2D eigenvalue weighted by Gasteiger charge is -2.37. The van der Waals surface area contributed by atoms with Gasteiger partial charge in [-0.25, -0.2) is 4.57 Å². The van der Waals surface area contributed by atoms with Gasteiger partial charge in [-0.2, -0.15) is 0 Å². The molecule has 2 bridgehead atoms. The van der Waals surface area contributed by atoms with Crippen LogP contribution in [-0.2, 0) is 32.7 Å². The minimum atomic E-state index is -5.43. The van der Waals surface area contributed by atoms with Crippen LogP contribution in [0.25, 0.3) is 0 Å². The van der Waals surface area contributed by atoms with Gasteiger partial charge >= 0.3 is 19.8 Å². The maximum atomic E-state index is 13.4. The second kappa shape index (κ2) is 29.9. The topological polar surface area (TPSA) is 270 Å². The third kappa shape index (κ3) is 20.7. The van der Waals surface area contributed by atoms with E-state index in [0.717, 1.165) is 64.2 Å². The Morgan fingerprint density at radius 3 is 2.22 bits per heavy atom. The third-order valence-electron chi connectivity index (χ3n) is 10.7. The van der Waals surface area contributed by atoms with Crippen LogP contribution in [0.2, 0.25) is 0 Å². The molecule has 0 amide bonds. The monoisotopic (exact) mass is 876 g/mol. The molecule has 1 saturated carbocycles. The Hall–Kier alpha value is -2.31. The summed E-state index contributed by atoms with van der Waals surface area (Å²) in [5.41, 5.74) is 0. The van der Waals surface area contributed by atoms with E-state index >= 15 is 0 Å². The van der Waals surface area contributed by atoms with Crippen LogP contribution >= 0.6 is 7.82 Å². The molecule has 2 rings (SSSR count). The Bertz CT molecular complexity index is 1370. The minimum Gasteiger partial charge on any atom is -0.461 e. The van der Waals surface area contributed by atoms with Gasteiger partial charge in [0.1, 0.15) is 31.0 Å². The maximum Gasteiger partial charge on any atom is 0.472 e. The number of phosphoric ester groups is 1. The fourth-order valence-electron chi connectivity index (χ4n) is 7.06. The number of carbonyl (C=O) groups excluding carboxylic acids is 2. The standard InChI is InChI=1S/C43H73O16P/c1-3-5-7-8-9-10-11-12-13-14-15-16-18-24-37(48)58-31-28-56-36(47)23-20-19-22-32-34(45)27-35(46)33(26-25-30(44)21-17-6-4-2)39(50)41(52)43(42(53)40(51)38(32)49)59-60(54,55)57-29-31/h7-8,10-11,19-20,25-26,30-35,38-46,49-53H,3-6,9,12-18,21-24,27-29H2,1-2H3,(H,54,55)/b8-7-,11-10-,20-19-,26-25?/t30-,31-,32-,33+,34+,35-,38-,39-,40+,41-,42-,43-/m1/s1. The maximum absolute atomic E-state index is 13.4. The van der Waals surface area contributed by atoms with Crippen molar-refractivity contribution in [1.82, 2.24) is 0 Å². The van der Waals surface area contributed by atoms with E-state index in [2.05, 4.69) is 31.2 Å². The van der Waals surface area contributed by atoms with Crippen LogP contribution in [0.1, 0.15) is 123 Å². The Labute approximate surface area is 355 Å². The van der Waals surface area contributed by atoms with Crippen LogP contribution in [-0.4, -0.2) is 132 Å². The Kier molecular flexibility index (Phi) is 26.8. The van der Waals surface area contributed by atoms with Gasteiger partial charge < -0.3 is 55.2 Å². The molecule has 0 aromatic carbocycles. The molecule has 9 N–H and O–H groups in total. The lowest BCUT2D eigenvalue weighted by molar-refractivity contribution is -0.167. The number of aliphatic hydroxyl groups excluding tert-OH is 8. The number of hydrogen-bond acceptors (Lipinski definition) is 15. The van der Waals surface area contributed by atoms with E-state index in [1.54, 1.807) is 0 Å². The van der Waals surface area contributed by atoms with E-state index in [0.29, 0.717) is 19.3 Å². The van der Waals surface area contributed by atoms with E-state index in [4.69, 9.17) is 18.5 Å². The normalized spacial score (nSPS) is 34.1. The van der Waals surface area contributed by atoms with E-state index in [1.165, 1.54) is 24.3 Å². The summed E-state index contributed by atoms with van der Waals surface area (Å²) in [6.45, 7) is 2.68. The predicted octanol–water partition coefficient (Wildman–Crippen LogP) is 3.99. The molecule has 1 aliphatic carbocycles. The molecule has 60 heavy (non-hydrogen) atoms. The zero-order chi connectivity index (χ0) is 44.5. The highest BCUT2D eigenvalue weighted by atomic mass is 31.2. The number of carbonyl (C=O) groups is 2. The van der Waals surface area contributed by atoms with Gasteiger partial charge in [0.25, 0.3) is 0 Å². The van der Waals surface area contributed by atoms with Crippen LogP contribution in [0.15, 0.2) is 48.6 Å². The van der Waals surface area contributed by atoms with E-state index in [9.17, 15) is 59.9 Å². The Morgan fingerprint density at radius 2 is 1.50 bits per heavy atom. The van der Waals surface area contributed by atoms with E-state index in [1.807, 2.05) is 6.92 Å². The second-order valence-electron chi connectivity index (χ2n) is 15.8. The van der Waals surface area contributed by atoms with E-state index < -0.39 is 112 Å². The molecule has 13 atom stereocenters. The first kappa shape index (κ1) is 53.8. The fraction of sp³-hybridized carbons (Fsp3) is 0.767. The fourth-order valence-corrected chi connectivity index (χ4v) is 8.04. The zero-order valence-corrected chi connectivity index (χ0v) is 36.2. The summed E-state index contributed by atoms with van der Waals surface area (Å²) in [7, 11) is -5.43. The number of hydrogen-bond donors (Lipinski definition) is 9. The van der Waals surface area contributed by atoms with Crippen molar-refractivity contribution in [2.24, 2.45) is 11.8 Å². The lowest BCUT2D eigenvalue weighted by Crippen LogP contribution is -2.55. The smallest absolute Gasteiger partial charge is 0.461 e. The predicted molar refractivity (Wildman–Crippen MR) is 223 cm³/mol. The molecule has 0 radical (unpaired) electrons. The van der Waals surface area contributed by atoms with Crippen LogP contribution in [0.3, 0.4) is 0 Å². The number of ether oxygens (including phenoxy) is 2. The Morgan fingerprint density at radius 1 is 0.817 bits per heavy atom. The van der Waals surface area contributed by atoms with Crippen molar-refractivity contribution in [3.63, 3.8) is 0 Å². The van der Waals surface area contributed by atoms with Crippen molar-refractivity contribution in [3.8, 4) is 0 Å². The first-order valence-corrected chi connectivity index (χ1v) is 23.2. The number of phosphoric acid groups is 1. The van der Waals surface area contributed by atoms with Crippen molar-refractivity contribution in [2.45, 2.75) is 184 Å². The van der Waals surface area contributed by atoms with Gasteiger partial charge in [-0.3, -0.25) is 18.6 Å². The van der Waals surface area contributed by atoms with Crippen molar-refractivity contribution >= 4 is 19.8 Å². The van der Waals surface area contributed by atoms with E-state index in [-0.39, 0.29) is 19.3 Å². The summed E-state index contributed by atoms with van der Waals surface area (Å²) in [5.74, 6) is -4.29. The van der Waals surface area contributed by atoms with Gasteiger partial charge in [-0.05, 0) is 44.9 Å². The minimum absolute atomic E-state index is 0.00722. The summed E-state index contributed by atoms with van der Waals surface area (Å²) in [6.07, 6.45) is 4.60. The molecule has 0 saturated heterocycles. The van der Waals surface area contributed by atoms with Crippen molar-refractivity contribution in [2.75, 3.05) is 13.2 Å². The molecule has 2 aliphatic rings. The molecule has 1 heterocycles. The van der Waals surface area contributed by atoms with Gasteiger partial charge in [0, 0.05) is 24.7 Å².